The lowest BCUT2D eigenvalue weighted by Gasteiger charge is -2.18. The van der Waals surface area contributed by atoms with Crippen LogP contribution in [0, 0.1) is 12.3 Å². The van der Waals surface area contributed by atoms with Crippen LogP contribution >= 0.6 is 11.6 Å². The van der Waals surface area contributed by atoms with Crippen LogP contribution in [0.1, 0.15) is 6.92 Å². The first-order valence-electron chi connectivity index (χ1n) is 4.08. The number of hydrogen-bond acceptors (Lipinski definition) is 2. The lowest BCUT2D eigenvalue weighted by atomic mass is 10.4. The molecule has 0 aliphatic carbocycles. The van der Waals surface area contributed by atoms with Gasteiger partial charge in [0.05, 0.1) is 11.6 Å². The zero-order valence-corrected chi connectivity index (χ0v) is 8.25. The predicted octanol–water partition coefficient (Wildman–Crippen LogP) is 2.19. The molecule has 0 saturated carbocycles. The minimum atomic E-state index is 0.575. The van der Waals surface area contributed by atoms with Gasteiger partial charge in [-0.05, 0) is 19.1 Å². The number of anilines is 1. The Labute approximate surface area is 83.5 Å². The van der Waals surface area contributed by atoms with Gasteiger partial charge in [-0.25, -0.2) is 4.98 Å². The predicted molar refractivity (Wildman–Crippen MR) is 56.0 cm³/mol. The van der Waals surface area contributed by atoms with Gasteiger partial charge in [0.2, 0.25) is 0 Å². The average molecular weight is 195 g/mol. The SMILES string of the molecule is C#CCN(CC)c1ccc(Cl)cn1. The smallest absolute Gasteiger partial charge is 0.129 e. The minimum Gasteiger partial charge on any atom is -0.346 e. The van der Waals surface area contributed by atoms with E-state index >= 15 is 0 Å². The summed E-state index contributed by atoms with van der Waals surface area (Å²) in [6.07, 6.45) is 6.85. The zero-order valence-electron chi connectivity index (χ0n) is 7.50. The van der Waals surface area contributed by atoms with Crippen LogP contribution in [0.3, 0.4) is 0 Å². The fraction of sp³-hybridized carbons (Fsp3) is 0.300. The summed E-state index contributed by atoms with van der Waals surface area (Å²) in [6.45, 7) is 3.46. The maximum Gasteiger partial charge on any atom is 0.129 e. The molecule has 1 heterocycles. The molecule has 0 aliphatic heterocycles. The molecule has 0 aromatic carbocycles. The Hall–Kier alpha value is -1.20. The zero-order chi connectivity index (χ0) is 9.68. The quantitative estimate of drug-likeness (QED) is 0.686. The summed E-state index contributed by atoms with van der Waals surface area (Å²) in [5.41, 5.74) is 0. The highest BCUT2D eigenvalue weighted by Crippen LogP contribution is 2.13. The van der Waals surface area contributed by atoms with Gasteiger partial charge in [0.1, 0.15) is 5.82 Å². The Morgan fingerprint density at radius 2 is 2.38 bits per heavy atom. The topological polar surface area (TPSA) is 16.1 Å². The molecule has 1 aromatic heterocycles. The summed E-state index contributed by atoms with van der Waals surface area (Å²) in [4.78, 5) is 6.16. The van der Waals surface area contributed by atoms with E-state index in [0.29, 0.717) is 11.6 Å². The maximum atomic E-state index is 5.72. The van der Waals surface area contributed by atoms with Gasteiger partial charge < -0.3 is 4.90 Å². The van der Waals surface area contributed by atoms with E-state index in [1.165, 1.54) is 0 Å². The van der Waals surface area contributed by atoms with Crippen molar-refractivity contribution in [2.45, 2.75) is 6.92 Å². The molecule has 0 N–H and O–H groups in total. The number of halogens is 1. The second-order valence-electron chi connectivity index (χ2n) is 2.55. The first-order chi connectivity index (χ1) is 6.27. The highest BCUT2D eigenvalue weighted by atomic mass is 35.5. The van der Waals surface area contributed by atoms with E-state index in [0.717, 1.165) is 12.4 Å². The number of aromatic nitrogens is 1. The van der Waals surface area contributed by atoms with Crippen LogP contribution < -0.4 is 4.90 Å². The molecular weight excluding hydrogens is 184 g/mol. The van der Waals surface area contributed by atoms with Gasteiger partial charge >= 0.3 is 0 Å². The van der Waals surface area contributed by atoms with Gasteiger partial charge in [-0.15, -0.1) is 6.42 Å². The second kappa shape index (κ2) is 4.74. The van der Waals surface area contributed by atoms with E-state index in [1.54, 1.807) is 6.20 Å². The van der Waals surface area contributed by atoms with Crippen molar-refractivity contribution in [3.05, 3.63) is 23.4 Å². The van der Waals surface area contributed by atoms with E-state index in [9.17, 15) is 0 Å². The number of pyridine rings is 1. The molecule has 2 nitrogen and oxygen atoms in total. The minimum absolute atomic E-state index is 0.575. The number of hydrogen-bond donors (Lipinski definition) is 0. The molecule has 68 valence electrons. The Morgan fingerprint density at radius 3 is 2.85 bits per heavy atom. The Kier molecular flexibility index (Phi) is 3.60. The molecule has 3 heteroatoms. The average Bonchev–Trinajstić information content (AvgIpc) is 2.16. The van der Waals surface area contributed by atoms with Crippen LogP contribution in [0.25, 0.3) is 0 Å². The van der Waals surface area contributed by atoms with Gasteiger partial charge in [-0.2, -0.15) is 0 Å². The van der Waals surface area contributed by atoms with Crippen LogP contribution in [0.2, 0.25) is 5.02 Å². The van der Waals surface area contributed by atoms with Crippen molar-refractivity contribution < 1.29 is 0 Å². The monoisotopic (exact) mass is 194 g/mol. The molecular formula is C10H11ClN2. The highest BCUT2D eigenvalue weighted by molar-refractivity contribution is 6.30. The van der Waals surface area contributed by atoms with E-state index in [1.807, 2.05) is 24.0 Å². The van der Waals surface area contributed by atoms with Crippen molar-refractivity contribution >= 4 is 17.4 Å². The molecule has 0 spiro atoms. The summed E-state index contributed by atoms with van der Waals surface area (Å²) in [6, 6.07) is 3.67. The maximum absolute atomic E-state index is 5.72. The van der Waals surface area contributed by atoms with E-state index in [-0.39, 0.29) is 0 Å². The summed E-state index contributed by atoms with van der Waals surface area (Å²) in [5, 5.41) is 0.639. The van der Waals surface area contributed by atoms with Crippen LogP contribution in [-0.4, -0.2) is 18.1 Å². The van der Waals surface area contributed by atoms with Crippen molar-refractivity contribution in [2.75, 3.05) is 18.0 Å². The Morgan fingerprint density at radius 1 is 1.62 bits per heavy atom. The first kappa shape index (κ1) is 9.88. The van der Waals surface area contributed by atoms with E-state index in [2.05, 4.69) is 10.9 Å². The second-order valence-corrected chi connectivity index (χ2v) is 2.99. The van der Waals surface area contributed by atoms with Crippen LogP contribution in [0.15, 0.2) is 18.3 Å². The standard InChI is InChI=1S/C10H11ClN2/c1-3-7-13(4-2)10-6-5-9(11)8-12-10/h1,5-6,8H,4,7H2,2H3. The molecule has 1 aromatic rings. The van der Waals surface area contributed by atoms with Crippen molar-refractivity contribution in [1.29, 1.82) is 0 Å². The number of nitrogens with zero attached hydrogens (tertiary/aromatic N) is 2. The van der Waals surface area contributed by atoms with Gasteiger partial charge in [-0.1, -0.05) is 17.5 Å². The number of rotatable bonds is 3. The lowest BCUT2D eigenvalue weighted by molar-refractivity contribution is 0.893. The molecule has 0 bridgehead atoms. The molecule has 1 rings (SSSR count). The Bertz CT molecular complexity index is 300. The van der Waals surface area contributed by atoms with Gasteiger partial charge in [0.25, 0.3) is 0 Å². The van der Waals surface area contributed by atoms with Crippen LogP contribution in [0.5, 0.6) is 0 Å². The molecule has 0 unspecified atom stereocenters. The molecule has 0 radical (unpaired) electrons. The summed E-state index contributed by atoms with van der Waals surface area (Å²) in [5.74, 6) is 3.45. The molecule has 0 amide bonds. The van der Waals surface area contributed by atoms with Crippen LogP contribution in [0.4, 0.5) is 5.82 Å². The van der Waals surface area contributed by atoms with Crippen molar-refractivity contribution in [1.82, 2.24) is 4.98 Å². The number of terminal acetylenes is 1. The van der Waals surface area contributed by atoms with E-state index in [4.69, 9.17) is 18.0 Å². The summed E-state index contributed by atoms with van der Waals surface area (Å²) >= 11 is 5.72. The van der Waals surface area contributed by atoms with Crippen LogP contribution in [-0.2, 0) is 0 Å². The molecule has 0 atom stereocenters. The van der Waals surface area contributed by atoms with Gasteiger partial charge in [0.15, 0.2) is 0 Å². The third-order valence-corrected chi connectivity index (χ3v) is 1.92. The third-order valence-electron chi connectivity index (χ3n) is 1.70. The fourth-order valence-electron chi connectivity index (χ4n) is 1.02. The summed E-state index contributed by atoms with van der Waals surface area (Å²) in [7, 11) is 0. The third kappa shape index (κ3) is 2.64. The van der Waals surface area contributed by atoms with Crippen molar-refractivity contribution in [3.8, 4) is 12.3 Å². The Balaban J connectivity index is 2.80. The first-order valence-corrected chi connectivity index (χ1v) is 4.45. The van der Waals surface area contributed by atoms with Crippen molar-refractivity contribution in [2.24, 2.45) is 0 Å². The van der Waals surface area contributed by atoms with Gasteiger partial charge in [-0.3, -0.25) is 0 Å². The fourth-order valence-corrected chi connectivity index (χ4v) is 1.13. The van der Waals surface area contributed by atoms with Gasteiger partial charge in [0, 0.05) is 12.7 Å². The van der Waals surface area contributed by atoms with E-state index < -0.39 is 0 Å². The summed E-state index contributed by atoms with van der Waals surface area (Å²) < 4.78 is 0. The molecule has 0 aliphatic rings. The normalized spacial score (nSPS) is 9.31. The highest BCUT2D eigenvalue weighted by Gasteiger charge is 2.02. The molecule has 13 heavy (non-hydrogen) atoms. The van der Waals surface area contributed by atoms with Crippen molar-refractivity contribution in [3.63, 3.8) is 0 Å². The molecule has 0 fully saturated rings. The molecule has 0 saturated heterocycles. The lowest BCUT2D eigenvalue weighted by Crippen LogP contribution is -2.23. The largest absolute Gasteiger partial charge is 0.346 e.